The fourth-order valence-electron chi connectivity index (χ4n) is 1.91. The maximum Gasteiger partial charge on any atom is 0.165 e. The average Bonchev–Trinajstić information content (AvgIpc) is 2.80. The van der Waals surface area contributed by atoms with Crippen LogP contribution >= 0.6 is 0 Å². The molecule has 0 aliphatic carbocycles. The van der Waals surface area contributed by atoms with Crippen molar-refractivity contribution in [2.45, 2.75) is 6.92 Å². The molecule has 1 aromatic carbocycles. The number of hydrogen-bond donors (Lipinski definition) is 0. The van der Waals surface area contributed by atoms with Crippen LogP contribution in [0.15, 0.2) is 42.7 Å². The molecule has 3 rings (SSSR count). The van der Waals surface area contributed by atoms with E-state index >= 15 is 0 Å². The van der Waals surface area contributed by atoms with Gasteiger partial charge in [-0.1, -0.05) is 29.8 Å². The third kappa shape index (κ3) is 1.72. The lowest BCUT2D eigenvalue weighted by molar-refractivity contribution is 0.932. The van der Waals surface area contributed by atoms with Crippen molar-refractivity contribution < 1.29 is 0 Å². The Balaban J connectivity index is 2.16. The maximum atomic E-state index is 8.81. The number of aryl methyl sites for hydroxylation is 1. The predicted molar refractivity (Wildman–Crippen MR) is 67.9 cm³/mol. The second-order valence-corrected chi connectivity index (χ2v) is 4.16. The Kier molecular flexibility index (Phi) is 2.31. The molecule has 0 atom stereocenters. The first-order valence-corrected chi connectivity index (χ1v) is 5.59. The van der Waals surface area contributed by atoms with Crippen LogP contribution in [0.25, 0.3) is 16.8 Å². The van der Waals surface area contributed by atoms with Crippen LogP contribution in [0.3, 0.4) is 0 Å². The molecule has 4 nitrogen and oxygen atoms in total. The summed E-state index contributed by atoms with van der Waals surface area (Å²) in [5.41, 5.74) is 4.34. The minimum Gasteiger partial charge on any atom is -0.236 e. The van der Waals surface area contributed by atoms with E-state index in [1.54, 1.807) is 16.8 Å². The molecule has 2 aromatic heterocycles. The molecule has 0 unspecified atom stereocenters. The second-order valence-electron chi connectivity index (χ2n) is 4.16. The number of hydrogen-bond acceptors (Lipinski definition) is 3. The summed E-state index contributed by atoms with van der Waals surface area (Å²) in [6, 6.07) is 11.9. The highest BCUT2D eigenvalue weighted by atomic mass is 15.2. The summed E-state index contributed by atoms with van der Waals surface area (Å²) in [5.74, 6) is 0. The highest BCUT2D eigenvalue weighted by molar-refractivity contribution is 5.63. The van der Waals surface area contributed by atoms with Gasteiger partial charge < -0.3 is 0 Å². The van der Waals surface area contributed by atoms with Crippen LogP contribution in [0.4, 0.5) is 0 Å². The van der Waals surface area contributed by atoms with E-state index in [0.29, 0.717) is 11.3 Å². The molecule has 86 valence electrons. The van der Waals surface area contributed by atoms with Gasteiger partial charge in [0.15, 0.2) is 11.3 Å². The fourth-order valence-corrected chi connectivity index (χ4v) is 1.91. The van der Waals surface area contributed by atoms with Crippen LogP contribution in [0, 0.1) is 18.3 Å². The van der Waals surface area contributed by atoms with E-state index in [-0.39, 0.29) is 0 Å². The molecule has 0 spiro atoms. The maximum absolute atomic E-state index is 8.81. The zero-order chi connectivity index (χ0) is 12.5. The van der Waals surface area contributed by atoms with Gasteiger partial charge >= 0.3 is 0 Å². The minimum atomic E-state index is 0.379. The number of aromatic nitrogens is 3. The summed E-state index contributed by atoms with van der Waals surface area (Å²) in [4.78, 5) is 4.31. The van der Waals surface area contributed by atoms with Crippen molar-refractivity contribution in [3.63, 3.8) is 0 Å². The first-order valence-electron chi connectivity index (χ1n) is 5.59. The smallest absolute Gasteiger partial charge is 0.165 e. The number of rotatable bonds is 1. The van der Waals surface area contributed by atoms with Crippen molar-refractivity contribution in [1.29, 1.82) is 5.26 Å². The molecule has 0 N–H and O–H groups in total. The third-order valence-corrected chi connectivity index (χ3v) is 2.78. The SMILES string of the molecule is Cc1cccc(-c2cnc3cc(C#N)nn3c2)c1. The highest BCUT2D eigenvalue weighted by Crippen LogP contribution is 2.19. The Hall–Kier alpha value is -2.67. The molecule has 0 amide bonds. The normalized spacial score (nSPS) is 10.4. The minimum absolute atomic E-state index is 0.379. The zero-order valence-corrected chi connectivity index (χ0v) is 9.83. The van der Waals surface area contributed by atoms with Gasteiger partial charge in [-0.05, 0) is 12.5 Å². The summed E-state index contributed by atoms with van der Waals surface area (Å²) in [6.07, 6.45) is 3.69. The summed E-state index contributed by atoms with van der Waals surface area (Å²) in [7, 11) is 0. The van der Waals surface area contributed by atoms with E-state index in [2.05, 4.69) is 29.1 Å². The Bertz CT molecular complexity index is 765. The van der Waals surface area contributed by atoms with Crippen LogP contribution in [-0.4, -0.2) is 14.6 Å². The van der Waals surface area contributed by atoms with Crippen molar-refractivity contribution in [3.8, 4) is 17.2 Å². The van der Waals surface area contributed by atoms with Gasteiger partial charge in [-0.15, -0.1) is 0 Å². The van der Waals surface area contributed by atoms with E-state index in [9.17, 15) is 0 Å². The van der Waals surface area contributed by atoms with Crippen molar-refractivity contribution in [1.82, 2.24) is 14.6 Å². The molecule has 0 radical (unpaired) electrons. The van der Waals surface area contributed by atoms with Crippen molar-refractivity contribution in [3.05, 3.63) is 54.0 Å². The fraction of sp³-hybridized carbons (Fsp3) is 0.0714. The molecular weight excluding hydrogens is 224 g/mol. The van der Waals surface area contributed by atoms with Gasteiger partial charge in [0.2, 0.25) is 0 Å². The second kappa shape index (κ2) is 3.97. The number of fused-ring (bicyclic) bond motifs is 1. The van der Waals surface area contributed by atoms with E-state index in [1.807, 2.05) is 24.4 Å². The molecule has 2 heterocycles. The number of nitriles is 1. The first kappa shape index (κ1) is 10.5. The lowest BCUT2D eigenvalue weighted by Crippen LogP contribution is -1.91. The lowest BCUT2D eigenvalue weighted by Gasteiger charge is -2.02. The highest BCUT2D eigenvalue weighted by Gasteiger charge is 2.04. The molecule has 4 heteroatoms. The molecular formula is C14H10N4. The van der Waals surface area contributed by atoms with E-state index in [1.165, 1.54) is 5.56 Å². The topological polar surface area (TPSA) is 54.0 Å². The van der Waals surface area contributed by atoms with Crippen LogP contribution in [0.1, 0.15) is 11.3 Å². The van der Waals surface area contributed by atoms with E-state index < -0.39 is 0 Å². The summed E-state index contributed by atoms with van der Waals surface area (Å²) in [5, 5.41) is 12.9. The molecule has 18 heavy (non-hydrogen) atoms. The molecule has 0 aliphatic heterocycles. The Morgan fingerprint density at radius 3 is 2.89 bits per heavy atom. The molecule has 0 saturated heterocycles. The molecule has 0 saturated carbocycles. The summed E-state index contributed by atoms with van der Waals surface area (Å²) >= 11 is 0. The molecule has 0 fully saturated rings. The van der Waals surface area contributed by atoms with Crippen LogP contribution in [0.5, 0.6) is 0 Å². The van der Waals surface area contributed by atoms with Crippen LogP contribution in [-0.2, 0) is 0 Å². The standard InChI is InChI=1S/C14H10N4/c1-10-3-2-4-11(5-10)12-8-16-14-6-13(7-15)17-18(14)9-12/h2-6,8-9H,1H3. The van der Waals surface area contributed by atoms with Gasteiger partial charge in [0.1, 0.15) is 6.07 Å². The van der Waals surface area contributed by atoms with Crippen molar-refractivity contribution in [2.75, 3.05) is 0 Å². The van der Waals surface area contributed by atoms with E-state index in [4.69, 9.17) is 5.26 Å². The average molecular weight is 234 g/mol. The van der Waals surface area contributed by atoms with Gasteiger partial charge in [0.25, 0.3) is 0 Å². The molecule has 3 aromatic rings. The van der Waals surface area contributed by atoms with Gasteiger partial charge in [-0.2, -0.15) is 10.4 Å². The molecule has 0 bridgehead atoms. The van der Waals surface area contributed by atoms with Gasteiger partial charge in [0.05, 0.1) is 0 Å². The van der Waals surface area contributed by atoms with Gasteiger partial charge in [-0.25, -0.2) is 9.50 Å². The summed E-state index contributed by atoms with van der Waals surface area (Å²) in [6.45, 7) is 2.05. The molecule has 0 aliphatic rings. The number of benzene rings is 1. The zero-order valence-electron chi connectivity index (χ0n) is 9.83. The largest absolute Gasteiger partial charge is 0.236 e. The van der Waals surface area contributed by atoms with Crippen LogP contribution in [0.2, 0.25) is 0 Å². The third-order valence-electron chi connectivity index (χ3n) is 2.78. The quantitative estimate of drug-likeness (QED) is 0.650. The van der Waals surface area contributed by atoms with E-state index in [0.717, 1.165) is 11.1 Å². The van der Waals surface area contributed by atoms with Crippen molar-refractivity contribution in [2.24, 2.45) is 0 Å². The van der Waals surface area contributed by atoms with Crippen LogP contribution < -0.4 is 0 Å². The first-order chi connectivity index (χ1) is 8.76. The summed E-state index contributed by atoms with van der Waals surface area (Å²) < 4.78 is 1.64. The van der Waals surface area contributed by atoms with Gasteiger partial charge in [-0.3, -0.25) is 0 Å². The monoisotopic (exact) mass is 234 g/mol. The number of nitrogens with zero attached hydrogens (tertiary/aromatic N) is 4. The predicted octanol–water partition coefficient (Wildman–Crippen LogP) is 2.58. The lowest BCUT2D eigenvalue weighted by atomic mass is 10.1. The Labute approximate surface area is 104 Å². The van der Waals surface area contributed by atoms with Crippen molar-refractivity contribution >= 4 is 5.65 Å². The van der Waals surface area contributed by atoms with Gasteiger partial charge in [0, 0.05) is 24.0 Å². The Morgan fingerprint density at radius 2 is 2.11 bits per heavy atom. The Morgan fingerprint density at radius 1 is 1.22 bits per heavy atom.